The molecule has 18 heavy (non-hydrogen) atoms. The molecule has 0 unspecified atom stereocenters. The molecule has 5 heteroatoms. The standard InChI is InChI=1S/C13H23N3OS/c1-10(2)7-14-8-12-15-16-13(18-12)17-9-11-5-3-4-6-11/h10-11,14H,3-9H2,1-2H3. The zero-order valence-corrected chi connectivity index (χ0v) is 12.1. The minimum atomic E-state index is 0.663. The lowest BCUT2D eigenvalue weighted by Gasteiger charge is -2.07. The van der Waals surface area contributed by atoms with Gasteiger partial charge in [0.1, 0.15) is 5.01 Å². The van der Waals surface area contributed by atoms with E-state index < -0.39 is 0 Å². The predicted octanol–water partition coefficient (Wildman–Crippen LogP) is 2.85. The van der Waals surface area contributed by atoms with Crippen LogP contribution in [0.15, 0.2) is 0 Å². The summed E-state index contributed by atoms with van der Waals surface area (Å²) in [5.74, 6) is 1.40. The molecule has 0 radical (unpaired) electrons. The first kappa shape index (κ1) is 13.7. The molecule has 1 heterocycles. The lowest BCUT2D eigenvalue weighted by Crippen LogP contribution is -2.18. The van der Waals surface area contributed by atoms with Crippen LogP contribution >= 0.6 is 11.3 Å². The molecule has 0 aromatic carbocycles. The van der Waals surface area contributed by atoms with Gasteiger partial charge in [0.25, 0.3) is 5.19 Å². The largest absolute Gasteiger partial charge is 0.469 e. The van der Waals surface area contributed by atoms with Crippen LogP contribution in [0.3, 0.4) is 0 Å². The fraction of sp³-hybridized carbons (Fsp3) is 0.846. The molecule has 1 saturated carbocycles. The van der Waals surface area contributed by atoms with Crippen molar-refractivity contribution in [1.29, 1.82) is 0 Å². The Morgan fingerprint density at radius 3 is 2.83 bits per heavy atom. The van der Waals surface area contributed by atoms with Crippen LogP contribution in [-0.4, -0.2) is 23.3 Å². The van der Waals surface area contributed by atoms with E-state index in [4.69, 9.17) is 4.74 Å². The predicted molar refractivity (Wildman–Crippen MR) is 73.9 cm³/mol. The Labute approximate surface area is 113 Å². The van der Waals surface area contributed by atoms with Gasteiger partial charge in [-0.2, -0.15) is 0 Å². The van der Waals surface area contributed by atoms with Gasteiger partial charge in [-0.1, -0.05) is 38.0 Å². The highest BCUT2D eigenvalue weighted by Gasteiger charge is 2.16. The molecule has 1 N–H and O–H groups in total. The van der Waals surface area contributed by atoms with Crippen molar-refractivity contribution in [2.24, 2.45) is 11.8 Å². The van der Waals surface area contributed by atoms with Crippen molar-refractivity contribution in [1.82, 2.24) is 15.5 Å². The van der Waals surface area contributed by atoms with Crippen molar-refractivity contribution in [3.8, 4) is 5.19 Å². The second-order valence-corrected chi connectivity index (χ2v) is 6.47. The zero-order valence-electron chi connectivity index (χ0n) is 11.3. The van der Waals surface area contributed by atoms with Crippen LogP contribution in [-0.2, 0) is 6.54 Å². The van der Waals surface area contributed by atoms with Gasteiger partial charge in [-0.3, -0.25) is 0 Å². The second kappa shape index (κ2) is 7.04. The third kappa shape index (κ3) is 4.53. The van der Waals surface area contributed by atoms with E-state index in [-0.39, 0.29) is 0 Å². The van der Waals surface area contributed by atoms with Crippen molar-refractivity contribution in [3.63, 3.8) is 0 Å². The third-order valence-electron chi connectivity index (χ3n) is 3.19. The van der Waals surface area contributed by atoms with Crippen molar-refractivity contribution >= 4 is 11.3 Å². The van der Waals surface area contributed by atoms with E-state index >= 15 is 0 Å². The summed E-state index contributed by atoms with van der Waals surface area (Å²) in [7, 11) is 0. The maximum Gasteiger partial charge on any atom is 0.294 e. The number of nitrogens with one attached hydrogen (secondary N) is 1. The maximum absolute atomic E-state index is 5.72. The highest BCUT2D eigenvalue weighted by atomic mass is 32.1. The van der Waals surface area contributed by atoms with Gasteiger partial charge in [0, 0.05) is 6.54 Å². The summed E-state index contributed by atoms with van der Waals surface area (Å²) in [6, 6.07) is 0. The first-order valence-electron chi connectivity index (χ1n) is 6.90. The first-order chi connectivity index (χ1) is 8.74. The van der Waals surface area contributed by atoms with Crippen LogP contribution in [0.25, 0.3) is 0 Å². The van der Waals surface area contributed by atoms with Gasteiger partial charge >= 0.3 is 0 Å². The highest BCUT2D eigenvalue weighted by molar-refractivity contribution is 7.13. The molecular weight excluding hydrogens is 246 g/mol. The number of nitrogens with zero attached hydrogens (tertiary/aromatic N) is 2. The quantitative estimate of drug-likeness (QED) is 0.827. The Bertz CT molecular complexity index is 348. The number of hydrogen-bond donors (Lipinski definition) is 1. The maximum atomic E-state index is 5.72. The molecule has 1 aliphatic rings. The molecule has 0 amide bonds. The van der Waals surface area contributed by atoms with Crippen molar-refractivity contribution < 1.29 is 4.74 Å². The molecule has 1 aromatic heterocycles. The third-order valence-corrected chi connectivity index (χ3v) is 4.03. The molecule has 1 aliphatic carbocycles. The molecule has 2 rings (SSSR count). The number of hydrogen-bond acceptors (Lipinski definition) is 5. The molecule has 0 aliphatic heterocycles. The fourth-order valence-electron chi connectivity index (χ4n) is 2.20. The molecule has 0 saturated heterocycles. The summed E-state index contributed by atoms with van der Waals surface area (Å²) in [5, 5.41) is 13.3. The minimum absolute atomic E-state index is 0.663. The number of ether oxygens (including phenoxy) is 1. The molecule has 1 fully saturated rings. The molecule has 0 spiro atoms. The molecule has 4 nitrogen and oxygen atoms in total. The Hall–Kier alpha value is -0.680. The van der Waals surface area contributed by atoms with Crippen LogP contribution in [0.4, 0.5) is 0 Å². The highest BCUT2D eigenvalue weighted by Crippen LogP contribution is 2.26. The van der Waals surface area contributed by atoms with Crippen LogP contribution in [0, 0.1) is 11.8 Å². The van der Waals surface area contributed by atoms with Gasteiger partial charge in [-0.05, 0) is 31.2 Å². The summed E-state index contributed by atoms with van der Waals surface area (Å²) in [4.78, 5) is 0. The Balaban J connectivity index is 1.68. The Morgan fingerprint density at radius 2 is 2.11 bits per heavy atom. The lowest BCUT2D eigenvalue weighted by atomic mass is 10.1. The molecule has 0 atom stereocenters. The monoisotopic (exact) mass is 269 g/mol. The van der Waals surface area contributed by atoms with E-state index in [1.807, 2.05) is 0 Å². The average Bonchev–Trinajstić information content (AvgIpc) is 2.96. The summed E-state index contributed by atoms with van der Waals surface area (Å²) in [6.45, 7) is 7.01. The van der Waals surface area contributed by atoms with E-state index in [0.717, 1.165) is 35.8 Å². The van der Waals surface area contributed by atoms with Crippen LogP contribution in [0.5, 0.6) is 5.19 Å². The van der Waals surface area contributed by atoms with Gasteiger partial charge in [-0.25, -0.2) is 0 Å². The van der Waals surface area contributed by atoms with Crippen LogP contribution in [0.2, 0.25) is 0 Å². The van der Waals surface area contributed by atoms with Gasteiger partial charge in [0.15, 0.2) is 0 Å². The van der Waals surface area contributed by atoms with Crippen LogP contribution in [0.1, 0.15) is 44.5 Å². The van der Waals surface area contributed by atoms with Crippen molar-refractivity contribution in [2.45, 2.75) is 46.1 Å². The molecule has 1 aromatic rings. The van der Waals surface area contributed by atoms with E-state index in [9.17, 15) is 0 Å². The second-order valence-electron chi connectivity index (χ2n) is 5.45. The zero-order chi connectivity index (χ0) is 12.8. The average molecular weight is 269 g/mol. The van der Waals surface area contributed by atoms with Gasteiger partial charge in [0.2, 0.25) is 0 Å². The normalized spacial score (nSPS) is 16.6. The van der Waals surface area contributed by atoms with E-state index in [1.165, 1.54) is 25.7 Å². The lowest BCUT2D eigenvalue weighted by molar-refractivity contribution is 0.249. The molecule has 102 valence electrons. The summed E-state index contributed by atoms with van der Waals surface area (Å²) < 4.78 is 5.72. The SMILES string of the molecule is CC(C)CNCc1nnc(OCC2CCCC2)s1. The number of rotatable bonds is 7. The molecule has 0 bridgehead atoms. The van der Waals surface area contributed by atoms with Crippen molar-refractivity contribution in [2.75, 3.05) is 13.2 Å². The first-order valence-corrected chi connectivity index (χ1v) is 7.71. The summed E-state index contributed by atoms with van der Waals surface area (Å²) in [6.07, 6.45) is 5.33. The molecular formula is C13H23N3OS. The topological polar surface area (TPSA) is 47.0 Å². The van der Waals surface area contributed by atoms with Crippen molar-refractivity contribution in [3.05, 3.63) is 5.01 Å². The van der Waals surface area contributed by atoms with E-state index in [1.54, 1.807) is 11.3 Å². The smallest absolute Gasteiger partial charge is 0.294 e. The number of aromatic nitrogens is 2. The van der Waals surface area contributed by atoms with Gasteiger partial charge in [-0.15, -0.1) is 10.2 Å². The Morgan fingerprint density at radius 1 is 1.33 bits per heavy atom. The summed E-state index contributed by atoms with van der Waals surface area (Å²) in [5.41, 5.74) is 0. The van der Waals surface area contributed by atoms with E-state index in [2.05, 4.69) is 29.4 Å². The summed E-state index contributed by atoms with van der Waals surface area (Å²) >= 11 is 1.56. The van der Waals surface area contributed by atoms with Crippen LogP contribution < -0.4 is 10.1 Å². The fourth-order valence-corrected chi connectivity index (χ4v) is 2.87. The van der Waals surface area contributed by atoms with Gasteiger partial charge in [0.05, 0.1) is 6.61 Å². The van der Waals surface area contributed by atoms with Gasteiger partial charge < -0.3 is 10.1 Å². The van der Waals surface area contributed by atoms with E-state index in [0.29, 0.717) is 5.92 Å². The minimum Gasteiger partial charge on any atom is -0.469 e. The Kier molecular flexibility index (Phi) is 5.38.